The number of ether oxygens (including phenoxy) is 1. The summed E-state index contributed by atoms with van der Waals surface area (Å²) in [6.45, 7) is -0.0433. The van der Waals surface area contributed by atoms with Crippen molar-refractivity contribution in [3.63, 3.8) is 0 Å². The van der Waals surface area contributed by atoms with E-state index in [0.717, 1.165) is 0 Å². The van der Waals surface area contributed by atoms with E-state index in [-0.39, 0.29) is 6.61 Å². The molecular weight excluding hydrogens is 313 g/mol. The number of unbranched alkanes of at least 4 members (excludes halogenated alkanes) is 1. The summed E-state index contributed by atoms with van der Waals surface area (Å²) in [4.78, 5) is 8.86. The minimum Gasteiger partial charge on any atom is -0.489 e. The highest BCUT2D eigenvalue weighted by atomic mass is 35.7. The van der Waals surface area contributed by atoms with E-state index in [2.05, 4.69) is 5.92 Å². The van der Waals surface area contributed by atoms with Crippen molar-refractivity contribution < 1.29 is 22.5 Å². The number of nitrogens with zero attached hydrogens (tertiary/aromatic N) is 1. The Morgan fingerprint density at radius 2 is 2.15 bits per heavy atom. The smallest absolute Gasteiger partial charge is 0.273 e. The summed E-state index contributed by atoms with van der Waals surface area (Å²) in [7, 11) is 0.731. The number of halogens is 2. The lowest BCUT2D eigenvalue weighted by atomic mass is 10.3. The molecule has 0 aliphatic rings. The summed E-state index contributed by atoms with van der Waals surface area (Å²) in [5.41, 5.74) is -0.738. The summed E-state index contributed by atoms with van der Waals surface area (Å²) < 4.78 is 41.4. The molecule has 0 saturated carbocycles. The first-order valence-electron chi connectivity index (χ1n) is 5.26. The zero-order chi connectivity index (χ0) is 15.3. The molecule has 1 aromatic carbocycles. The molecule has 0 amide bonds. The largest absolute Gasteiger partial charge is 0.489 e. The normalized spacial score (nSPS) is 10.8. The lowest BCUT2D eigenvalue weighted by Crippen LogP contribution is -2.05. The van der Waals surface area contributed by atoms with Crippen LogP contribution in [0.3, 0.4) is 0 Å². The molecule has 1 rings (SSSR count). The molecule has 0 aliphatic carbocycles. The molecule has 0 radical (unpaired) electrons. The van der Waals surface area contributed by atoms with E-state index >= 15 is 0 Å². The van der Waals surface area contributed by atoms with Crippen molar-refractivity contribution in [1.82, 2.24) is 0 Å². The molecule has 0 atom stereocenters. The number of non-ortho nitro benzene ring substituents is 1. The van der Waals surface area contributed by atoms with Crippen LogP contribution in [0.4, 0.5) is 10.1 Å². The number of rotatable bonds is 6. The maximum absolute atomic E-state index is 13.7. The molecule has 0 aliphatic heterocycles. The van der Waals surface area contributed by atoms with Crippen molar-refractivity contribution in [2.24, 2.45) is 0 Å². The van der Waals surface area contributed by atoms with E-state index < -0.39 is 36.1 Å². The highest BCUT2D eigenvalue weighted by Crippen LogP contribution is 2.33. The standard InChI is InChI=1S/C11H9ClFNO5S/c1-2-3-4-5-19-11-9(13)6-8(14(15)16)7-10(11)20(12,17)18/h1,6-7H,3-5H2. The predicted octanol–water partition coefficient (Wildman–Crippen LogP) is 2.45. The highest BCUT2D eigenvalue weighted by Gasteiger charge is 2.25. The van der Waals surface area contributed by atoms with E-state index in [1.165, 1.54) is 0 Å². The molecule has 9 heteroatoms. The Kier molecular flexibility index (Phi) is 5.30. The highest BCUT2D eigenvalue weighted by molar-refractivity contribution is 8.13. The summed E-state index contributed by atoms with van der Waals surface area (Å²) >= 11 is 0. The monoisotopic (exact) mass is 321 g/mol. The lowest BCUT2D eigenvalue weighted by Gasteiger charge is -2.10. The molecule has 0 fully saturated rings. The Morgan fingerprint density at radius 1 is 1.50 bits per heavy atom. The van der Waals surface area contributed by atoms with Gasteiger partial charge in [-0.05, 0) is 6.42 Å². The van der Waals surface area contributed by atoms with Gasteiger partial charge in [-0.3, -0.25) is 10.1 Å². The van der Waals surface area contributed by atoms with Gasteiger partial charge in [0.15, 0.2) is 11.6 Å². The summed E-state index contributed by atoms with van der Waals surface area (Å²) in [5, 5.41) is 10.6. The van der Waals surface area contributed by atoms with Crippen LogP contribution >= 0.6 is 10.7 Å². The van der Waals surface area contributed by atoms with Crippen molar-refractivity contribution in [3.8, 4) is 18.1 Å². The van der Waals surface area contributed by atoms with Crippen LogP contribution < -0.4 is 4.74 Å². The van der Waals surface area contributed by atoms with E-state index in [0.29, 0.717) is 25.0 Å². The second-order valence-electron chi connectivity index (χ2n) is 3.61. The zero-order valence-electron chi connectivity index (χ0n) is 10.0. The average Bonchev–Trinajstić information content (AvgIpc) is 2.34. The van der Waals surface area contributed by atoms with Crippen LogP contribution in [-0.4, -0.2) is 19.9 Å². The van der Waals surface area contributed by atoms with E-state index in [9.17, 15) is 22.9 Å². The number of hydrogen-bond acceptors (Lipinski definition) is 5. The molecule has 0 unspecified atom stereocenters. The molecule has 108 valence electrons. The number of terminal acetylenes is 1. The maximum Gasteiger partial charge on any atom is 0.273 e. The summed E-state index contributed by atoms with van der Waals surface area (Å²) in [6, 6.07) is 1.20. The zero-order valence-corrected chi connectivity index (χ0v) is 11.6. The van der Waals surface area contributed by atoms with Gasteiger partial charge in [0, 0.05) is 23.2 Å². The molecule has 0 N–H and O–H groups in total. The van der Waals surface area contributed by atoms with Crippen LogP contribution in [0, 0.1) is 28.3 Å². The van der Waals surface area contributed by atoms with Gasteiger partial charge in [0.25, 0.3) is 14.7 Å². The fourth-order valence-electron chi connectivity index (χ4n) is 1.33. The Labute approximate surface area is 119 Å². The van der Waals surface area contributed by atoms with Crippen LogP contribution in [0.5, 0.6) is 5.75 Å². The number of nitro groups is 1. The van der Waals surface area contributed by atoms with Crippen molar-refractivity contribution >= 4 is 25.4 Å². The molecule has 0 saturated heterocycles. The number of hydrogen-bond donors (Lipinski definition) is 0. The first-order valence-corrected chi connectivity index (χ1v) is 7.57. The Balaban J connectivity index is 3.22. The average molecular weight is 322 g/mol. The molecule has 0 aromatic heterocycles. The molecule has 0 bridgehead atoms. The van der Waals surface area contributed by atoms with Gasteiger partial charge in [0.05, 0.1) is 17.6 Å². The minimum atomic E-state index is -4.39. The van der Waals surface area contributed by atoms with E-state index in [1.54, 1.807) is 0 Å². The minimum absolute atomic E-state index is 0.0433. The van der Waals surface area contributed by atoms with Gasteiger partial charge < -0.3 is 4.74 Å². The summed E-state index contributed by atoms with van der Waals surface area (Å²) in [6.07, 6.45) is 5.75. The Morgan fingerprint density at radius 3 is 2.65 bits per heavy atom. The van der Waals surface area contributed by atoms with Gasteiger partial charge in [-0.2, -0.15) is 0 Å². The summed E-state index contributed by atoms with van der Waals surface area (Å²) in [5.74, 6) is 0.498. The van der Waals surface area contributed by atoms with Crippen LogP contribution in [-0.2, 0) is 9.05 Å². The first-order chi connectivity index (χ1) is 9.27. The molecule has 20 heavy (non-hydrogen) atoms. The third-order valence-electron chi connectivity index (χ3n) is 2.18. The molecule has 0 spiro atoms. The predicted molar refractivity (Wildman–Crippen MR) is 69.7 cm³/mol. The van der Waals surface area contributed by atoms with Crippen molar-refractivity contribution in [1.29, 1.82) is 0 Å². The van der Waals surface area contributed by atoms with Gasteiger partial charge in [0.1, 0.15) is 4.90 Å². The van der Waals surface area contributed by atoms with Crippen molar-refractivity contribution in [2.75, 3.05) is 6.61 Å². The van der Waals surface area contributed by atoms with Crippen LogP contribution in [0.2, 0.25) is 0 Å². The van der Waals surface area contributed by atoms with Gasteiger partial charge in [-0.1, -0.05) is 0 Å². The molecular formula is C11H9ClFNO5S. The van der Waals surface area contributed by atoms with Crippen LogP contribution in [0.25, 0.3) is 0 Å². The number of benzene rings is 1. The second kappa shape index (κ2) is 6.54. The topological polar surface area (TPSA) is 86.5 Å². The second-order valence-corrected chi connectivity index (χ2v) is 6.14. The van der Waals surface area contributed by atoms with Gasteiger partial charge in [0.2, 0.25) is 0 Å². The SMILES string of the molecule is C#CCCCOc1c(F)cc([N+](=O)[O-])cc1S(=O)(=O)Cl. The lowest BCUT2D eigenvalue weighted by molar-refractivity contribution is -0.385. The number of nitro benzene ring substituents is 1. The van der Waals surface area contributed by atoms with E-state index in [4.69, 9.17) is 21.8 Å². The van der Waals surface area contributed by atoms with Crippen LogP contribution in [0.15, 0.2) is 17.0 Å². The van der Waals surface area contributed by atoms with E-state index in [1.807, 2.05) is 0 Å². The van der Waals surface area contributed by atoms with Gasteiger partial charge >= 0.3 is 0 Å². The van der Waals surface area contributed by atoms with Crippen molar-refractivity contribution in [3.05, 3.63) is 28.1 Å². The quantitative estimate of drug-likeness (QED) is 0.264. The van der Waals surface area contributed by atoms with Gasteiger partial charge in [-0.15, -0.1) is 12.3 Å². The maximum atomic E-state index is 13.7. The fraction of sp³-hybridized carbons (Fsp3) is 0.273. The van der Waals surface area contributed by atoms with Crippen LogP contribution in [0.1, 0.15) is 12.8 Å². The molecule has 0 heterocycles. The molecule has 1 aromatic rings. The first kappa shape index (κ1) is 16.2. The third kappa shape index (κ3) is 4.08. The third-order valence-corrected chi connectivity index (χ3v) is 3.51. The fourth-order valence-corrected chi connectivity index (χ4v) is 2.31. The Bertz CT molecular complexity index is 668. The Hall–Kier alpha value is -1.85. The van der Waals surface area contributed by atoms with Gasteiger partial charge in [-0.25, -0.2) is 12.8 Å². The molecule has 6 nitrogen and oxygen atoms in total. The van der Waals surface area contributed by atoms with Crippen molar-refractivity contribution in [2.45, 2.75) is 17.7 Å².